The van der Waals surface area contributed by atoms with Crippen LogP contribution in [0.1, 0.15) is 44.3 Å². The smallest absolute Gasteiger partial charge is 0.118 e. The van der Waals surface area contributed by atoms with Crippen LogP contribution in [0.25, 0.3) is 0 Å². The monoisotopic (exact) mass is 220 g/mol. The third-order valence-corrected chi connectivity index (χ3v) is 3.29. The number of rotatable bonds is 3. The molecule has 1 fully saturated rings. The molecule has 2 heteroatoms. The summed E-state index contributed by atoms with van der Waals surface area (Å²) in [5, 5.41) is 0. The van der Waals surface area contributed by atoms with E-state index >= 15 is 0 Å². The first kappa shape index (κ1) is 11.5. The van der Waals surface area contributed by atoms with Crippen molar-refractivity contribution in [2.45, 2.75) is 44.8 Å². The van der Waals surface area contributed by atoms with Gasteiger partial charge in [0.25, 0.3) is 0 Å². The number of benzene rings is 1. The molecule has 1 heterocycles. The summed E-state index contributed by atoms with van der Waals surface area (Å²) in [7, 11) is 1.69. The molecule has 2 rings (SSSR count). The highest BCUT2D eigenvalue weighted by molar-refractivity contribution is 5.28. The highest BCUT2D eigenvalue weighted by Gasteiger charge is 2.22. The number of hydrogen-bond donors (Lipinski definition) is 0. The first-order valence-corrected chi connectivity index (χ1v) is 6.13. The topological polar surface area (TPSA) is 18.5 Å². The van der Waals surface area contributed by atoms with Gasteiger partial charge in [-0.15, -0.1) is 0 Å². The molecule has 1 saturated heterocycles. The van der Waals surface area contributed by atoms with Crippen LogP contribution in [0.4, 0.5) is 0 Å². The Labute approximate surface area is 97.6 Å². The summed E-state index contributed by atoms with van der Waals surface area (Å²) in [6.07, 6.45) is 5.47. The third-order valence-electron chi connectivity index (χ3n) is 3.29. The van der Waals surface area contributed by atoms with Gasteiger partial charge in [0.2, 0.25) is 0 Å². The van der Waals surface area contributed by atoms with Gasteiger partial charge in [-0.25, -0.2) is 0 Å². The van der Waals surface area contributed by atoms with Crippen molar-refractivity contribution >= 4 is 0 Å². The molecule has 88 valence electrons. The minimum absolute atomic E-state index is 0.282. The van der Waals surface area contributed by atoms with Crippen LogP contribution in [-0.4, -0.2) is 13.2 Å². The maximum atomic E-state index is 6.05. The quantitative estimate of drug-likeness (QED) is 0.773. The molecular formula is C14H20O2. The van der Waals surface area contributed by atoms with Crippen molar-refractivity contribution in [2.24, 2.45) is 0 Å². The summed E-state index contributed by atoms with van der Waals surface area (Å²) in [6, 6.07) is 8.24. The molecule has 0 amide bonds. The van der Waals surface area contributed by atoms with E-state index in [0.717, 1.165) is 18.6 Å². The molecule has 16 heavy (non-hydrogen) atoms. The van der Waals surface area contributed by atoms with Gasteiger partial charge in [0.1, 0.15) is 5.75 Å². The Kier molecular flexibility index (Phi) is 3.83. The van der Waals surface area contributed by atoms with Crippen molar-refractivity contribution in [1.29, 1.82) is 0 Å². The lowest BCUT2D eigenvalue weighted by Crippen LogP contribution is -2.21. The van der Waals surface area contributed by atoms with Gasteiger partial charge in [0, 0.05) is 0 Å². The normalized spacial score (nSPS) is 25.4. The average molecular weight is 220 g/mol. The Morgan fingerprint density at radius 1 is 1.25 bits per heavy atom. The lowest BCUT2D eigenvalue weighted by atomic mass is 9.97. The fourth-order valence-electron chi connectivity index (χ4n) is 2.26. The van der Waals surface area contributed by atoms with Gasteiger partial charge in [-0.1, -0.05) is 19.1 Å². The van der Waals surface area contributed by atoms with Gasteiger partial charge >= 0.3 is 0 Å². The summed E-state index contributed by atoms with van der Waals surface area (Å²) in [6.45, 7) is 2.20. The molecule has 0 radical (unpaired) electrons. The van der Waals surface area contributed by atoms with E-state index in [1.54, 1.807) is 7.11 Å². The zero-order valence-corrected chi connectivity index (χ0v) is 10.1. The highest BCUT2D eigenvalue weighted by Crippen LogP contribution is 2.32. The molecule has 0 N–H and O–H groups in total. The second-order valence-corrected chi connectivity index (χ2v) is 4.36. The van der Waals surface area contributed by atoms with Gasteiger partial charge in [-0.2, -0.15) is 0 Å². The Balaban J connectivity index is 2.05. The zero-order chi connectivity index (χ0) is 11.4. The lowest BCUT2D eigenvalue weighted by Gasteiger charge is -2.29. The molecule has 1 aliphatic heterocycles. The Bertz CT molecular complexity index is 318. The minimum Gasteiger partial charge on any atom is -0.497 e. The average Bonchev–Trinajstić information content (AvgIpc) is 2.39. The SMILES string of the molecule is CC[C@H]1CCC[C@@H](c2ccc(OC)cc2)O1. The largest absolute Gasteiger partial charge is 0.497 e. The molecule has 0 saturated carbocycles. The van der Waals surface area contributed by atoms with E-state index in [-0.39, 0.29) is 6.10 Å². The first-order valence-electron chi connectivity index (χ1n) is 6.13. The van der Waals surface area contributed by atoms with Crippen molar-refractivity contribution in [3.05, 3.63) is 29.8 Å². The van der Waals surface area contributed by atoms with Crippen LogP contribution in [0.5, 0.6) is 5.75 Å². The predicted octanol–water partition coefficient (Wildman–Crippen LogP) is 3.72. The van der Waals surface area contributed by atoms with E-state index < -0.39 is 0 Å². The molecule has 0 bridgehead atoms. The number of methoxy groups -OCH3 is 1. The van der Waals surface area contributed by atoms with Gasteiger partial charge in [-0.3, -0.25) is 0 Å². The molecule has 0 unspecified atom stereocenters. The summed E-state index contributed by atoms with van der Waals surface area (Å²) in [5.74, 6) is 0.909. The molecule has 2 atom stereocenters. The van der Waals surface area contributed by atoms with Gasteiger partial charge in [0.05, 0.1) is 19.3 Å². The zero-order valence-electron chi connectivity index (χ0n) is 10.1. The van der Waals surface area contributed by atoms with Crippen molar-refractivity contribution in [1.82, 2.24) is 0 Å². The predicted molar refractivity (Wildman–Crippen MR) is 64.8 cm³/mol. The molecule has 1 aliphatic rings. The van der Waals surface area contributed by atoms with Gasteiger partial charge in [0.15, 0.2) is 0 Å². The highest BCUT2D eigenvalue weighted by atomic mass is 16.5. The summed E-state index contributed by atoms with van der Waals surface area (Å²) < 4.78 is 11.2. The van der Waals surface area contributed by atoms with E-state index in [1.807, 2.05) is 12.1 Å². The fraction of sp³-hybridized carbons (Fsp3) is 0.571. The second kappa shape index (κ2) is 5.35. The third kappa shape index (κ3) is 2.56. The minimum atomic E-state index is 0.282. The Morgan fingerprint density at radius 2 is 2.00 bits per heavy atom. The van der Waals surface area contributed by atoms with E-state index in [1.165, 1.54) is 18.4 Å². The number of hydrogen-bond acceptors (Lipinski definition) is 2. The molecule has 0 aliphatic carbocycles. The van der Waals surface area contributed by atoms with Crippen molar-refractivity contribution in [3.63, 3.8) is 0 Å². The van der Waals surface area contributed by atoms with Crippen LogP contribution in [-0.2, 0) is 4.74 Å². The first-order chi connectivity index (χ1) is 7.83. The van der Waals surface area contributed by atoms with Gasteiger partial charge in [-0.05, 0) is 43.4 Å². The maximum absolute atomic E-state index is 6.05. The van der Waals surface area contributed by atoms with E-state index in [0.29, 0.717) is 6.10 Å². The summed E-state index contributed by atoms with van der Waals surface area (Å²) in [4.78, 5) is 0. The van der Waals surface area contributed by atoms with Crippen LogP contribution >= 0.6 is 0 Å². The molecule has 1 aromatic carbocycles. The molecule has 0 spiro atoms. The van der Waals surface area contributed by atoms with Crippen LogP contribution in [0.3, 0.4) is 0 Å². The maximum Gasteiger partial charge on any atom is 0.118 e. The lowest BCUT2D eigenvalue weighted by molar-refractivity contribution is -0.0525. The van der Waals surface area contributed by atoms with Crippen LogP contribution < -0.4 is 4.74 Å². The van der Waals surface area contributed by atoms with Crippen LogP contribution in [0.15, 0.2) is 24.3 Å². The van der Waals surface area contributed by atoms with Crippen LogP contribution in [0, 0.1) is 0 Å². The van der Waals surface area contributed by atoms with Gasteiger partial charge < -0.3 is 9.47 Å². The Morgan fingerprint density at radius 3 is 2.62 bits per heavy atom. The van der Waals surface area contributed by atoms with Crippen LogP contribution in [0.2, 0.25) is 0 Å². The van der Waals surface area contributed by atoms with Crippen molar-refractivity contribution in [3.8, 4) is 5.75 Å². The molecule has 1 aromatic rings. The van der Waals surface area contributed by atoms with Crippen molar-refractivity contribution < 1.29 is 9.47 Å². The van der Waals surface area contributed by atoms with E-state index in [4.69, 9.17) is 9.47 Å². The molecular weight excluding hydrogens is 200 g/mol. The number of ether oxygens (including phenoxy) is 2. The molecule has 2 nitrogen and oxygen atoms in total. The standard InChI is InChI=1S/C14H20O2/c1-3-12-5-4-6-14(16-12)11-7-9-13(15-2)10-8-11/h7-10,12,14H,3-6H2,1-2H3/t12-,14-/m0/s1. The van der Waals surface area contributed by atoms with E-state index in [2.05, 4.69) is 19.1 Å². The van der Waals surface area contributed by atoms with E-state index in [9.17, 15) is 0 Å². The Hall–Kier alpha value is -1.02. The van der Waals surface area contributed by atoms with Crippen molar-refractivity contribution in [2.75, 3.05) is 7.11 Å². The molecule has 0 aromatic heterocycles. The summed E-state index contributed by atoms with van der Waals surface area (Å²) in [5.41, 5.74) is 1.28. The summed E-state index contributed by atoms with van der Waals surface area (Å²) >= 11 is 0. The fourth-order valence-corrected chi connectivity index (χ4v) is 2.26. The second-order valence-electron chi connectivity index (χ2n) is 4.36.